The van der Waals surface area contributed by atoms with Gasteiger partial charge in [0.05, 0.1) is 5.38 Å². The van der Waals surface area contributed by atoms with E-state index in [1.807, 2.05) is 0 Å². The molecule has 0 spiro atoms. The largest absolute Gasteiger partial charge is 0.410 e. The zero-order valence-electron chi connectivity index (χ0n) is 4.07. The van der Waals surface area contributed by atoms with Crippen LogP contribution in [0.2, 0.25) is 0 Å². The van der Waals surface area contributed by atoms with Crippen molar-refractivity contribution in [1.29, 1.82) is 0 Å². The van der Waals surface area contributed by atoms with Crippen molar-refractivity contribution in [2.45, 2.75) is 0 Å². The van der Waals surface area contributed by atoms with Crippen molar-refractivity contribution in [3.8, 4) is 5.88 Å². The lowest BCUT2D eigenvalue weighted by Crippen LogP contribution is -1.95. The molecule has 1 aromatic rings. The van der Waals surface area contributed by atoms with Gasteiger partial charge in [0.25, 0.3) is 5.88 Å². The molecular weight excluding hydrogens is 164 g/mol. The Kier molecular flexibility index (Phi) is 1.96. The van der Waals surface area contributed by atoms with Crippen molar-refractivity contribution in [2.75, 3.05) is 0 Å². The summed E-state index contributed by atoms with van der Waals surface area (Å²) in [7, 11) is 0. The summed E-state index contributed by atoms with van der Waals surface area (Å²) >= 11 is 5.93. The first-order valence-electron chi connectivity index (χ1n) is 1.93. The van der Waals surface area contributed by atoms with E-state index in [1.165, 1.54) is 5.38 Å². The van der Waals surface area contributed by atoms with Gasteiger partial charge in [0.15, 0.2) is 0 Å². The Bertz CT molecular complexity index is 200. The van der Waals surface area contributed by atoms with Crippen LogP contribution in [-0.2, 0) is 0 Å². The normalized spacial score (nSPS) is 9.00. The van der Waals surface area contributed by atoms with Crippen molar-refractivity contribution in [2.24, 2.45) is 0 Å². The SMILES string of the molecule is O=C(Cl)Oc1csnn1. The number of hydrogen-bond donors (Lipinski definition) is 0. The maximum absolute atomic E-state index is 9.99. The summed E-state index contributed by atoms with van der Waals surface area (Å²) in [4.78, 5) is 9.99. The van der Waals surface area contributed by atoms with E-state index in [9.17, 15) is 4.79 Å². The number of rotatable bonds is 1. The molecule has 0 saturated heterocycles. The predicted molar refractivity (Wildman–Crippen MR) is 31.8 cm³/mol. The molecule has 0 aliphatic heterocycles. The first kappa shape index (κ1) is 6.44. The van der Waals surface area contributed by atoms with Crippen LogP contribution < -0.4 is 4.74 Å². The van der Waals surface area contributed by atoms with Gasteiger partial charge in [-0.05, 0) is 11.5 Å². The van der Waals surface area contributed by atoms with E-state index in [2.05, 4.69) is 14.3 Å². The molecule has 0 fully saturated rings. The average Bonchev–Trinajstić information content (AvgIpc) is 2.15. The molecule has 0 bridgehead atoms. The molecule has 0 aliphatic carbocycles. The summed E-state index contributed by atoms with van der Waals surface area (Å²) in [5.41, 5.74) is -0.900. The Morgan fingerprint density at radius 1 is 1.89 bits per heavy atom. The summed E-state index contributed by atoms with van der Waals surface area (Å²) < 4.78 is 7.75. The van der Waals surface area contributed by atoms with Crippen LogP contribution in [0.15, 0.2) is 5.38 Å². The van der Waals surface area contributed by atoms with Crippen LogP contribution >= 0.6 is 23.1 Å². The highest BCUT2D eigenvalue weighted by molar-refractivity contribution is 7.03. The molecule has 1 rings (SSSR count). The van der Waals surface area contributed by atoms with Gasteiger partial charge in [0.1, 0.15) is 0 Å². The monoisotopic (exact) mass is 164 g/mol. The van der Waals surface area contributed by atoms with Crippen molar-refractivity contribution in [1.82, 2.24) is 9.59 Å². The minimum atomic E-state index is -0.900. The standard InChI is InChI=1S/C3HClN2O2S/c4-3(7)8-2-1-9-6-5-2/h1H. The summed E-state index contributed by atoms with van der Waals surface area (Å²) in [5.74, 6) is 0.139. The minimum absolute atomic E-state index is 0.139. The van der Waals surface area contributed by atoms with Crippen LogP contribution in [-0.4, -0.2) is 15.0 Å². The van der Waals surface area contributed by atoms with Gasteiger partial charge < -0.3 is 4.74 Å². The number of aromatic nitrogens is 2. The molecule has 0 unspecified atom stereocenters. The van der Waals surface area contributed by atoms with Crippen molar-refractivity contribution >= 4 is 28.6 Å². The van der Waals surface area contributed by atoms with Gasteiger partial charge in [-0.2, -0.15) is 0 Å². The number of ether oxygens (including phenoxy) is 1. The van der Waals surface area contributed by atoms with Crippen molar-refractivity contribution < 1.29 is 9.53 Å². The summed E-state index contributed by atoms with van der Waals surface area (Å²) in [5, 5.41) is 4.87. The second-order valence-corrected chi connectivity index (χ2v) is 2.00. The van der Waals surface area contributed by atoms with E-state index >= 15 is 0 Å². The van der Waals surface area contributed by atoms with Gasteiger partial charge >= 0.3 is 5.43 Å². The topological polar surface area (TPSA) is 52.1 Å². The second kappa shape index (κ2) is 2.75. The van der Waals surface area contributed by atoms with E-state index in [4.69, 9.17) is 11.6 Å². The molecule has 4 nitrogen and oxygen atoms in total. The molecule has 0 radical (unpaired) electrons. The van der Waals surface area contributed by atoms with E-state index in [0.29, 0.717) is 0 Å². The Morgan fingerprint density at radius 3 is 3.11 bits per heavy atom. The quantitative estimate of drug-likeness (QED) is 0.587. The zero-order valence-corrected chi connectivity index (χ0v) is 5.65. The molecule has 9 heavy (non-hydrogen) atoms. The number of carbonyl (C=O) groups excluding carboxylic acids is 1. The third kappa shape index (κ3) is 1.95. The molecule has 0 aromatic carbocycles. The van der Waals surface area contributed by atoms with Gasteiger partial charge in [0, 0.05) is 11.6 Å². The van der Waals surface area contributed by atoms with Gasteiger partial charge in [-0.25, -0.2) is 4.79 Å². The average molecular weight is 165 g/mol. The zero-order chi connectivity index (χ0) is 6.69. The van der Waals surface area contributed by atoms with Crippen LogP contribution in [0.4, 0.5) is 4.79 Å². The third-order valence-corrected chi connectivity index (χ3v) is 1.08. The molecular formula is C3HClN2O2S. The fourth-order valence-corrected chi connectivity index (χ4v) is 0.722. The maximum Gasteiger partial charge on any atom is 0.410 e. The lowest BCUT2D eigenvalue weighted by Gasteiger charge is -1.87. The smallest absolute Gasteiger partial charge is 0.393 e. The second-order valence-electron chi connectivity index (χ2n) is 1.08. The van der Waals surface area contributed by atoms with E-state index < -0.39 is 5.43 Å². The fraction of sp³-hybridized carbons (Fsp3) is 0. The lowest BCUT2D eigenvalue weighted by molar-refractivity contribution is 0.224. The third-order valence-electron chi connectivity index (χ3n) is 0.525. The number of nitrogens with zero attached hydrogens (tertiary/aromatic N) is 2. The van der Waals surface area contributed by atoms with Crippen LogP contribution in [0, 0.1) is 0 Å². The molecule has 6 heteroatoms. The van der Waals surface area contributed by atoms with Crippen LogP contribution in [0.3, 0.4) is 0 Å². The summed E-state index contributed by atoms with van der Waals surface area (Å²) in [6.07, 6.45) is 0. The maximum atomic E-state index is 9.99. The Hall–Kier alpha value is -0.680. The number of carbonyl (C=O) groups is 1. The molecule has 0 amide bonds. The first-order chi connectivity index (χ1) is 4.29. The van der Waals surface area contributed by atoms with E-state index in [1.54, 1.807) is 0 Å². The summed E-state index contributed by atoms with van der Waals surface area (Å²) in [6.45, 7) is 0. The molecule has 1 aromatic heterocycles. The Labute approximate surface area is 59.6 Å². The number of hydrogen-bond acceptors (Lipinski definition) is 5. The molecule has 0 atom stereocenters. The van der Waals surface area contributed by atoms with Gasteiger partial charge in [-0.1, -0.05) is 9.59 Å². The number of halogens is 1. The van der Waals surface area contributed by atoms with Crippen LogP contribution in [0.5, 0.6) is 5.88 Å². The molecule has 48 valence electrons. The molecule has 0 N–H and O–H groups in total. The van der Waals surface area contributed by atoms with Crippen molar-refractivity contribution in [3.05, 3.63) is 5.38 Å². The summed E-state index contributed by atoms with van der Waals surface area (Å²) in [6, 6.07) is 0. The van der Waals surface area contributed by atoms with E-state index in [0.717, 1.165) is 11.5 Å². The fourth-order valence-electron chi connectivity index (χ4n) is 0.283. The van der Waals surface area contributed by atoms with E-state index in [-0.39, 0.29) is 5.88 Å². The Balaban J connectivity index is 2.58. The molecule has 0 aliphatic rings. The highest BCUT2D eigenvalue weighted by Crippen LogP contribution is 2.07. The van der Waals surface area contributed by atoms with Gasteiger partial charge in [-0.3, -0.25) is 0 Å². The molecule has 0 saturated carbocycles. The lowest BCUT2D eigenvalue weighted by atomic mass is 10.9. The predicted octanol–water partition coefficient (Wildman–Crippen LogP) is 1.28. The van der Waals surface area contributed by atoms with Crippen molar-refractivity contribution in [3.63, 3.8) is 0 Å². The Morgan fingerprint density at radius 2 is 2.67 bits per heavy atom. The van der Waals surface area contributed by atoms with Crippen LogP contribution in [0.25, 0.3) is 0 Å². The highest BCUT2D eigenvalue weighted by Gasteiger charge is 2.00. The minimum Gasteiger partial charge on any atom is -0.393 e. The van der Waals surface area contributed by atoms with Crippen LogP contribution in [0.1, 0.15) is 0 Å². The highest BCUT2D eigenvalue weighted by atomic mass is 35.5. The molecule has 1 heterocycles. The van der Waals surface area contributed by atoms with Gasteiger partial charge in [0.2, 0.25) is 0 Å². The first-order valence-corrected chi connectivity index (χ1v) is 3.15. The van der Waals surface area contributed by atoms with Gasteiger partial charge in [-0.15, -0.1) is 0 Å².